The minimum absolute atomic E-state index is 0.00574. The minimum atomic E-state index is -0.488. The lowest BCUT2D eigenvalue weighted by Crippen LogP contribution is -2.57. The van der Waals surface area contributed by atoms with Crippen LogP contribution in [-0.2, 0) is 4.74 Å². The molecule has 2 aliphatic heterocycles. The highest BCUT2D eigenvalue weighted by Gasteiger charge is 2.44. The van der Waals surface area contributed by atoms with Crippen LogP contribution in [0, 0.1) is 0 Å². The number of para-hydroxylation sites is 1. The summed E-state index contributed by atoms with van der Waals surface area (Å²) < 4.78 is 20.1. The molecule has 0 radical (unpaired) electrons. The minimum Gasteiger partial charge on any atom is -0.383 e. The molecule has 1 saturated heterocycles. The number of ether oxygens (including phenoxy) is 1. The van der Waals surface area contributed by atoms with Crippen molar-refractivity contribution < 1.29 is 9.13 Å². The first-order valence-corrected chi connectivity index (χ1v) is 7.22. The molecular formula is C16H21FN2O. The average molecular weight is 276 g/mol. The second kappa shape index (κ2) is 5.54. The van der Waals surface area contributed by atoms with E-state index in [1.807, 2.05) is 18.2 Å². The first-order chi connectivity index (χ1) is 9.78. The Hall–Kier alpha value is -1.39. The zero-order valence-electron chi connectivity index (χ0n) is 11.9. The van der Waals surface area contributed by atoms with Gasteiger partial charge in [0.2, 0.25) is 0 Å². The number of fused-ring (bicyclic) bond motifs is 1. The van der Waals surface area contributed by atoms with E-state index in [-0.39, 0.29) is 5.83 Å². The Morgan fingerprint density at radius 2 is 2.05 bits per heavy atom. The number of rotatable bonds is 3. The molecule has 0 aliphatic carbocycles. The van der Waals surface area contributed by atoms with Crippen molar-refractivity contribution >= 4 is 11.8 Å². The number of hydrogen-bond acceptors (Lipinski definition) is 3. The number of halogens is 1. The van der Waals surface area contributed by atoms with Gasteiger partial charge in [0.05, 0.1) is 12.1 Å². The first-order valence-electron chi connectivity index (χ1n) is 7.22. The maximum absolute atomic E-state index is 14.8. The largest absolute Gasteiger partial charge is 0.383 e. The van der Waals surface area contributed by atoms with E-state index in [9.17, 15) is 4.39 Å². The van der Waals surface area contributed by atoms with Gasteiger partial charge >= 0.3 is 0 Å². The molecular weight excluding hydrogens is 255 g/mol. The lowest BCUT2D eigenvalue weighted by Gasteiger charge is -2.49. The molecule has 3 rings (SSSR count). The van der Waals surface area contributed by atoms with Gasteiger partial charge in [-0.1, -0.05) is 18.2 Å². The molecule has 1 aromatic rings. The van der Waals surface area contributed by atoms with Gasteiger partial charge in [0.25, 0.3) is 0 Å². The van der Waals surface area contributed by atoms with Gasteiger partial charge in [-0.25, -0.2) is 4.39 Å². The zero-order valence-corrected chi connectivity index (χ0v) is 11.9. The van der Waals surface area contributed by atoms with Gasteiger partial charge in [0.15, 0.2) is 0 Å². The number of benzene rings is 1. The van der Waals surface area contributed by atoms with E-state index < -0.39 is 5.54 Å². The second-order valence-corrected chi connectivity index (χ2v) is 5.48. The van der Waals surface area contributed by atoms with Crippen molar-refractivity contribution in [1.29, 1.82) is 0 Å². The van der Waals surface area contributed by atoms with Gasteiger partial charge in [-0.15, -0.1) is 0 Å². The fourth-order valence-electron chi connectivity index (χ4n) is 3.35. The average Bonchev–Trinajstić information content (AvgIpc) is 2.49. The molecule has 0 saturated carbocycles. The molecule has 1 fully saturated rings. The van der Waals surface area contributed by atoms with Crippen LogP contribution in [0.15, 0.2) is 30.1 Å². The molecule has 108 valence electrons. The smallest absolute Gasteiger partial charge is 0.126 e. The summed E-state index contributed by atoms with van der Waals surface area (Å²) in [6.45, 7) is 3.03. The maximum Gasteiger partial charge on any atom is 0.126 e. The molecule has 2 aliphatic rings. The highest BCUT2D eigenvalue weighted by molar-refractivity contribution is 5.75. The Balaban J connectivity index is 2.04. The molecule has 1 spiro atoms. The predicted molar refractivity (Wildman–Crippen MR) is 79.6 cm³/mol. The SMILES string of the molecule is COCCN1c2ccccc2C=C(F)C12CCNCC2. The van der Waals surface area contributed by atoms with Gasteiger partial charge in [0, 0.05) is 24.9 Å². The number of nitrogens with one attached hydrogen (secondary N) is 1. The maximum atomic E-state index is 14.8. The van der Waals surface area contributed by atoms with E-state index in [0.717, 1.165) is 43.7 Å². The van der Waals surface area contributed by atoms with Gasteiger partial charge in [-0.3, -0.25) is 0 Å². The Kier molecular flexibility index (Phi) is 3.76. The molecule has 20 heavy (non-hydrogen) atoms. The van der Waals surface area contributed by atoms with E-state index in [1.54, 1.807) is 13.2 Å². The Morgan fingerprint density at radius 1 is 1.30 bits per heavy atom. The molecule has 0 atom stereocenters. The zero-order chi connectivity index (χ0) is 14.0. The fourth-order valence-corrected chi connectivity index (χ4v) is 3.35. The van der Waals surface area contributed by atoms with Crippen LogP contribution < -0.4 is 10.2 Å². The number of piperidine rings is 1. The van der Waals surface area contributed by atoms with E-state index in [1.165, 1.54) is 0 Å². The van der Waals surface area contributed by atoms with Crippen LogP contribution >= 0.6 is 0 Å². The second-order valence-electron chi connectivity index (χ2n) is 5.48. The third-order valence-electron chi connectivity index (χ3n) is 4.42. The molecule has 1 aromatic carbocycles. The third kappa shape index (κ3) is 2.13. The molecule has 4 heteroatoms. The normalized spacial score (nSPS) is 20.7. The van der Waals surface area contributed by atoms with Gasteiger partial charge in [0.1, 0.15) is 5.83 Å². The number of nitrogens with zero attached hydrogens (tertiary/aromatic N) is 1. The van der Waals surface area contributed by atoms with E-state index in [2.05, 4.69) is 16.3 Å². The molecule has 0 amide bonds. The predicted octanol–water partition coefficient (Wildman–Crippen LogP) is 2.59. The van der Waals surface area contributed by atoms with Crippen LogP contribution in [0.1, 0.15) is 18.4 Å². The van der Waals surface area contributed by atoms with Crippen LogP contribution in [0.4, 0.5) is 10.1 Å². The van der Waals surface area contributed by atoms with Gasteiger partial charge < -0.3 is 15.0 Å². The summed E-state index contributed by atoms with van der Waals surface area (Å²) in [6, 6.07) is 8.03. The van der Waals surface area contributed by atoms with Crippen LogP contribution in [0.2, 0.25) is 0 Å². The summed E-state index contributed by atoms with van der Waals surface area (Å²) in [5.41, 5.74) is 1.59. The summed E-state index contributed by atoms with van der Waals surface area (Å²) in [4.78, 5) is 2.21. The first kappa shape index (κ1) is 13.6. The van der Waals surface area contributed by atoms with Crippen molar-refractivity contribution in [2.75, 3.05) is 38.3 Å². The van der Waals surface area contributed by atoms with Crippen LogP contribution in [-0.4, -0.2) is 38.9 Å². The summed E-state index contributed by atoms with van der Waals surface area (Å²) in [5.74, 6) is -0.00574. The summed E-state index contributed by atoms with van der Waals surface area (Å²) in [6.07, 6.45) is 3.31. The highest BCUT2D eigenvalue weighted by Crippen LogP contribution is 2.44. The van der Waals surface area contributed by atoms with Crippen molar-refractivity contribution in [2.24, 2.45) is 0 Å². The highest BCUT2D eigenvalue weighted by atomic mass is 19.1. The molecule has 1 N–H and O–H groups in total. The molecule has 3 nitrogen and oxygen atoms in total. The van der Waals surface area contributed by atoms with Crippen molar-refractivity contribution in [3.05, 3.63) is 35.7 Å². The van der Waals surface area contributed by atoms with Crippen molar-refractivity contribution in [1.82, 2.24) is 5.32 Å². The fraction of sp³-hybridized carbons (Fsp3) is 0.500. The van der Waals surface area contributed by atoms with E-state index in [4.69, 9.17) is 4.74 Å². The molecule has 2 heterocycles. The van der Waals surface area contributed by atoms with E-state index >= 15 is 0 Å². The molecule has 0 aromatic heterocycles. The quantitative estimate of drug-likeness (QED) is 0.918. The Morgan fingerprint density at radius 3 is 2.80 bits per heavy atom. The number of anilines is 1. The number of hydrogen-bond donors (Lipinski definition) is 1. The van der Waals surface area contributed by atoms with E-state index in [0.29, 0.717) is 6.61 Å². The van der Waals surface area contributed by atoms with Crippen molar-refractivity contribution in [3.63, 3.8) is 0 Å². The van der Waals surface area contributed by atoms with Crippen molar-refractivity contribution in [2.45, 2.75) is 18.4 Å². The van der Waals surface area contributed by atoms with Crippen LogP contribution in [0.5, 0.6) is 0 Å². The Bertz CT molecular complexity index is 509. The summed E-state index contributed by atoms with van der Waals surface area (Å²) in [5, 5.41) is 3.33. The topological polar surface area (TPSA) is 24.5 Å². The Labute approximate surface area is 119 Å². The standard InChI is InChI=1S/C16H21FN2O/c1-20-11-10-19-14-5-3-2-4-13(14)12-15(17)16(19)6-8-18-9-7-16/h2-5,12,18H,6-11H2,1H3. The lowest BCUT2D eigenvalue weighted by atomic mass is 9.81. The van der Waals surface area contributed by atoms with Gasteiger partial charge in [-0.2, -0.15) is 0 Å². The van der Waals surface area contributed by atoms with Crippen LogP contribution in [0.3, 0.4) is 0 Å². The van der Waals surface area contributed by atoms with Gasteiger partial charge in [-0.05, 0) is 38.1 Å². The molecule has 0 unspecified atom stereocenters. The molecule has 0 bridgehead atoms. The summed E-state index contributed by atoms with van der Waals surface area (Å²) in [7, 11) is 1.69. The lowest BCUT2D eigenvalue weighted by molar-refractivity contribution is 0.190. The van der Waals surface area contributed by atoms with Crippen molar-refractivity contribution in [3.8, 4) is 0 Å². The van der Waals surface area contributed by atoms with Crippen LogP contribution in [0.25, 0.3) is 6.08 Å². The summed E-state index contributed by atoms with van der Waals surface area (Å²) >= 11 is 0. The number of methoxy groups -OCH3 is 1. The third-order valence-corrected chi connectivity index (χ3v) is 4.42. The monoisotopic (exact) mass is 276 g/mol.